The first-order valence-corrected chi connectivity index (χ1v) is 10.7. The van der Waals surface area contributed by atoms with E-state index in [2.05, 4.69) is 20.5 Å². The van der Waals surface area contributed by atoms with Crippen molar-refractivity contribution < 1.29 is 22.8 Å². The molecule has 1 saturated carbocycles. The predicted octanol–water partition coefficient (Wildman–Crippen LogP) is 2.59. The number of rotatable bonds is 10. The van der Waals surface area contributed by atoms with Gasteiger partial charge in [-0.25, -0.2) is 27.5 Å². The summed E-state index contributed by atoms with van der Waals surface area (Å²) in [6.45, 7) is 2.43. The van der Waals surface area contributed by atoms with Gasteiger partial charge in [0.1, 0.15) is 18.0 Å². The number of halogens is 3. The van der Waals surface area contributed by atoms with Gasteiger partial charge in [0, 0.05) is 32.1 Å². The van der Waals surface area contributed by atoms with Crippen LogP contribution in [0.15, 0.2) is 36.7 Å². The number of carbonyl (C=O) groups excluding carboxylic acids is 2. The summed E-state index contributed by atoms with van der Waals surface area (Å²) in [4.78, 5) is 29.0. The van der Waals surface area contributed by atoms with E-state index in [1.807, 2.05) is 0 Å². The van der Waals surface area contributed by atoms with Crippen LogP contribution in [0.2, 0.25) is 0 Å². The van der Waals surface area contributed by atoms with Gasteiger partial charge in [-0.2, -0.15) is 5.10 Å². The number of aromatic nitrogens is 5. The summed E-state index contributed by atoms with van der Waals surface area (Å²) in [5, 5.41) is 11.2. The molecule has 2 aromatic heterocycles. The van der Waals surface area contributed by atoms with Crippen molar-refractivity contribution in [3.8, 4) is 0 Å². The van der Waals surface area contributed by atoms with Crippen LogP contribution in [0.5, 0.6) is 0 Å². The molecule has 0 unspecified atom stereocenters. The Morgan fingerprint density at radius 2 is 2.03 bits per heavy atom. The summed E-state index contributed by atoms with van der Waals surface area (Å²) < 4.78 is 42.9. The van der Waals surface area contributed by atoms with Gasteiger partial charge < -0.3 is 10.2 Å². The van der Waals surface area contributed by atoms with E-state index in [0.717, 1.165) is 5.56 Å². The number of aryl methyl sites for hydroxylation is 1. The highest BCUT2D eigenvalue weighted by molar-refractivity contribution is 5.90. The average Bonchev–Trinajstić information content (AvgIpc) is 3.15. The van der Waals surface area contributed by atoms with E-state index in [-0.39, 0.29) is 29.8 Å². The summed E-state index contributed by atoms with van der Waals surface area (Å²) in [6.07, 6.45) is 2.19. The average molecular weight is 475 g/mol. The van der Waals surface area contributed by atoms with Gasteiger partial charge in [-0.3, -0.25) is 9.59 Å². The van der Waals surface area contributed by atoms with Crippen LogP contribution in [0.1, 0.15) is 47.6 Å². The molecule has 1 aliphatic rings. The predicted molar refractivity (Wildman–Crippen MR) is 116 cm³/mol. The normalized spacial score (nSPS) is 17.3. The summed E-state index contributed by atoms with van der Waals surface area (Å²) in [7, 11) is 1.52. The van der Waals surface area contributed by atoms with Crippen LogP contribution in [0, 0.1) is 5.82 Å². The van der Waals surface area contributed by atoms with Gasteiger partial charge in [0.2, 0.25) is 12.2 Å². The number of alkyl halides is 2. The molecule has 0 bridgehead atoms. The van der Waals surface area contributed by atoms with E-state index in [4.69, 9.17) is 0 Å². The second-order valence-corrected chi connectivity index (χ2v) is 8.44. The van der Waals surface area contributed by atoms with Crippen LogP contribution >= 0.6 is 0 Å². The summed E-state index contributed by atoms with van der Waals surface area (Å²) in [5.74, 6) is -4.08. The van der Waals surface area contributed by atoms with Gasteiger partial charge in [0.25, 0.3) is 11.8 Å². The topological polar surface area (TPSA) is 97.9 Å². The smallest absolute Gasteiger partial charge is 0.291 e. The summed E-state index contributed by atoms with van der Waals surface area (Å²) >= 11 is 0. The maximum absolute atomic E-state index is 13.5. The lowest BCUT2D eigenvalue weighted by Crippen LogP contribution is -2.34. The van der Waals surface area contributed by atoms with E-state index in [1.165, 1.54) is 45.8 Å². The maximum Gasteiger partial charge on any atom is 0.291 e. The number of nitrogens with one attached hydrogen (secondary N) is 1. The molecular weight excluding hydrogens is 451 g/mol. The fraction of sp³-hybridized carbons (Fsp3) is 0.409. The molecule has 9 nitrogen and oxygen atoms in total. The Kier molecular flexibility index (Phi) is 6.40. The number of benzene rings is 1. The number of hydrogen-bond donors (Lipinski definition) is 1. The second kappa shape index (κ2) is 9.27. The minimum atomic E-state index is -2.76. The molecule has 2 amide bonds. The lowest BCUT2D eigenvalue weighted by Gasteiger charge is -2.16. The fourth-order valence-corrected chi connectivity index (χ4v) is 3.56. The molecule has 0 aliphatic heterocycles. The molecule has 1 aromatic carbocycles. The number of hydrogen-bond acceptors (Lipinski definition) is 5. The van der Waals surface area contributed by atoms with Crippen LogP contribution in [-0.2, 0) is 17.9 Å². The third-order valence-electron chi connectivity index (χ3n) is 5.63. The van der Waals surface area contributed by atoms with Crippen LogP contribution in [0.4, 0.5) is 19.0 Å². The summed E-state index contributed by atoms with van der Waals surface area (Å²) in [5.41, 5.74) is 1.06. The zero-order chi connectivity index (χ0) is 24.5. The van der Waals surface area contributed by atoms with Crippen LogP contribution < -0.4 is 10.2 Å². The molecule has 1 fully saturated rings. The van der Waals surface area contributed by atoms with Crippen molar-refractivity contribution in [1.82, 2.24) is 29.9 Å². The number of nitrogens with zero attached hydrogens (tertiary/aromatic N) is 6. The Labute approximate surface area is 193 Å². The Morgan fingerprint density at radius 3 is 2.68 bits per heavy atom. The fourth-order valence-electron chi connectivity index (χ4n) is 3.56. The lowest BCUT2D eigenvalue weighted by atomic mass is 10.2. The molecule has 0 radical (unpaired) electrons. The molecule has 4 rings (SSSR count). The van der Waals surface area contributed by atoms with Gasteiger partial charge in [0.05, 0.1) is 18.2 Å². The minimum absolute atomic E-state index is 0.00678. The third-order valence-corrected chi connectivity index (χ3v) is 5.63. The quantitative estimate of drug-likeness (QED) is 0.455. The largest absolute Gasteiger partial charge is 0.347 e. The van der Waals surface area contributed by atoms with Crippen molar-refractivity contribution in [3.63, 3.8) is 0 Å². The first-order chi connectivity index (χ1) is 16.2. The lowest BCUT2D eigenvalue weighted by molar-refractivity contribution is -0.107. The molecule has 2 heterocycles. The molecule has 0 saturated heterocycles. The molecule has 1 N–H and O–H groups in total. The van der Waals surface area contributed by atoms with Crippen molar-refractivity contribution >= 4 is 18.1 Å². The van der Waals surface area contributed by atoms with Crippen molar-refractivity contribution in [1.29, 1.82) is 0 Å². The highest BCUT2D eigenvalue weighted by atomic mass is 19.3. The molecule has 34 heavy (non-hydrogen) atoms. The van der Waals surface area contributed by atoms with Crippen LogP contribution in [0.25, 0.3) is 0 Å². The highest BCUT2D eigenvalue weighted by Gasteiger charge is 2.59. The van der Waals surface area contributed by atoms with Crippen molar-refractivity contribution in [2.45, 2.75) is 50.7 Å². The zero-order valence-corrected chi connectivity index (χ0v) is 18.7. The van der Waals surface area contributed by atoms with Crippen molar-refractivity contribution in [2.24, 2.45) is 0 Å². The van der Waals surface area contributed by atoms with Gasteiger partial charge >= 0.3 is 0 Å². The van der Waals surface area contributed by atoms with E-state index in [1.54, 1.807) is 19.1 Å². The Hall–Kier alpha value is -3.70. The first-order valence-electron chi connectivity index (χ1n) is 10.7. The standard InChI is InChI=1S/C22H24F3N7O2/c1-14(7-8-32-19(30(2)13-33)9-18(28-32)17-10-22(17,24)25)27-21(34)20-26-12-31(29-20)11-15-3-5-16(23)6-4-15/h3-6,9,12-14,17H,7-8,10-11H2,1-2H3,(H,27,34)/t14-,17+/m1/s1. The van der Waals surface area contributed by atoms with E-state index in [9.17, 15) is 22.8 Å². The molecule has 1 aliphatic carbocycles. The van der Waals surface area contributed by atoms with Gasteiger partial charge in [-0.15, -0.1) is 5.10 Å². The monoisotopic (exact) mass is 475 g/mol. The van der Waals surface area contributed by atoms with Crippen molar-refractivity contribution in [3.05, 3.63) is 59.6 Å². The van der Waals surface area contributed by atoms with Crippen molar-refractivity contribution in [2.75, 3.05) is 11.9 Å². The Morgan fingerprint density at radius 1 is 1.32 bits per heavy atom. The highest BCUT2D eigenvalue weighted by Crippen LogP contribution is 2.55. The maximum atomic E-state index is 13.5. The molecular formula is C22H24F3N7O2. The molecule has 12 heteroatoms. The number of amides is 2. The van der Waals surface area contributed by atoms with E-state index < -0.39 is 17.7 Å². The van der Waals surface area contributed by atoms with E-state index in [0.29, 0.717) is 31.7 Å². The van der Waals surface area contributed by atoms with Crippen LogP contribution in [0.3, 0.4) is 0 Å². The summed E-state index contributed by atoms with van der Waals surface area (Å²) in [6, 6.07) is 7.14. The number of carbonyl (C=O) groups is 2. The number of anilines is 1. The van der Waals surface area contributed by atoms with E-state index >= 15 is 0 Å². The third kappa shape index (κ3) is 5.26. The molecule has 180 valence electrons. The zero-order valence-electron chi connectivity index (χ0n) is 18.7. The molecule has 3 aromatic rings. The minimum Gasteiger partial charge on any atom is -0.347 e. The van der Waals surface area contributed by atoms with Gasteiger partial charge in [-0.1, -0.05) is 12.1 Å². The molecule has 0 spiro atoms. The first kappa shape index (κ1) is 23.5. The SMILES string of the molecule is C[C@H](CCn1nc([C@@H]2CC2(F)F)cc1N(C)C=O)NC(=O)c1ncn(Cc2ccc(F)cc2)n1. The second-order valence-electron chi connectivity index (χ2n) is 8.44. The molecule has 2 atom stereocenters. The van der Waals surface area contributed by atoms with Gasteiger partial charge in [-0.05, 0) is 31.0 Å². The van der Waals surface area contributed by atoms with Gasteiger partial charge in [0.15, 0.2) is 0 Å². The Bertz CT molecular complexity index is 1180. The van der Waals surface area contributed by atoms with Crippen LogP contribution in [-0.4, -0.2) is 55.9 Å². The Balaban J connectivity index is 1.34.